The fourth-order valence-corrected chi connectivity index (χ4v) is 3.06. The lowest BCUT2D eigenvalue weighted by atomic mass is 10.2. The molecule has 5 heteroatoms. The normalized spacial score (nSPS) is 18.0. The van der Waals surface area contributed by atoms with Crippen molar-refractivity contribution in [2.24, 2.45) is 0 Å². The van der Waals surface area contributed by atoms with Gasteiger partial charge in [0.25, 0.3) is 0 Å². The first kappa shape index (κ1) is 14.4. The number of nitrogens with one attached hydrogen (secondary N) is 1. The fraction of sp³-hybridized carbons (Fsp3) is 0.375. The molecule has 0 unspecified atom stereocenters. The van der Waals surface area contributed by atoms with Gasteiger partial charge >= 0.3 is 0 Å². The molecular weight excluding hydrogens is 284 g/mol. The summed E-state index contributed by atoms with van der Waals surface area (Å²) in [5, 5.41) is 4.91. The van der Waals surface area contributed by atoms with Crippen molar-refractivity contribution in [2.45, 2.75) is 24.0 Å². The van der Waals surface area contributed by atoms with Crippen molar-refractivity contribution in [3.8, 4) is 0 Å². The molecule has 21 heavy (non-hydrogen) atoms. The number of rotatable bonds is 5. The Bertz CT molecular complexity index is 626. The van der Waals surface area contributed by atoms with Crippen molar-refractivity contribution in [1.82, 2.24) is 10.3 Å². The van der Waals surface area contributed by atoms with Gasteiger partial charge in [-0.05, 0) is 25.0 Å². The number of para-hydroxylation sites is 1. The largest absolute Gasteiger partial charge is 0.376 e. The Morgan fingerprint density at radius 2 is 2.24 bits per heavy atom. The number of ether oxygens (including phenoxy) is 1. The molecule has 4 nitrogen and oxygen atoms in total. The minimum atomic E-state index is 0.0328. The number of nitrogens with zero attached hydrogens (tertiary/aromatic N) is 1. The van der Waals surface area contributed by atoms with Gasteiger partial charge in [0.15, 0.2) is 0 Å². The van der Waals surface area contributed by atoms with Crippen molar-refractivity contribution in [3.63, 3.8) is 0 Å². The maximum Gasteiger partial charge on any atom is 0.230 e. The van der Waals surface area contributed by atoms with Crippen LogP contribution in [0.15, 0.2) is 41.4 Å². The summed E-state index contributed by atoms with van der Waals surface area (Å²) in [7, 11) is 0. The van der Waals surface area contributed by atoms with Gasteiger partial charge in [0.05, 0.1) is 22.4 Å². The fourth-order valence-electron chi connectivity index (χ4n) is 2.35. The molecule has 1 amide bonds. The molecule has 1 aromatic heterocycles. The van der Waals surface area contributed by atoms with E-state index in [-0.39, 0.29) is 12.0 Å². The Kier molecular flexibility index (Phi) is 4.72. The Hall–Kier alpha value is -1.59. The highest BCUT2D eigenvalue weighted by molar-refractivity contribution is 7.99. The molecule has 1 aliphatic heterocycles. The first-order chi connectivity index (χ1) is 10.3. The summed E-state index contributed by atoms with van der Waals surface area (Å²) in [5.41, 5.74) is 0.960. The minimum Gasteiger partial charge on any atom is -0.376 e. The SMILES string of the molecule is O=C(CSc1ccc2ccccc2n1)NC[C@@H]1CCCO1. The summed E-state index contributed by atoms with van der Waals surface area (Å²) in [4.78, 5) is 16.4. The van der Waals surface area contributed by atoms with Crippen LogP contribution in [0.2, 0.25) is 0 Å². The standard InChI is InChI=1S/C16H18N2O2S/c19-15(17-10-13-5-3-9-20-13)11-21-16-8-7-12-4-1-2-6-14(12)18-16/h1-2,4,6-8,13H,3,5,9-11H2,(H,17,19)/t13-/m0/s1. The third kappa shape index (κ3) is 3.95. The van der Waals surface area contributed by atoms with E-state index in [0.29, 0.717) is 12.3 Å². The zero-order chi connectivity index (χ0) is 14.5. The van der Waals surface area contributed by atoms with Crippen LogP contribution in [0.3, 0.4) is 0 Å². The predicted molar refractivity (Wildman–Crippen MR) is 84.5 cm³/mol. The molecule has 0 radical (unpaired) electrons. The van der Waals surface area contributed by atoms with E-state index in [1.165, 1.54) is 11.8 Å². The number of carbonyl (C=O) groups excluding carboxylic acids is 1. The number of pyridine rings is 1. The number of carbonyl (C=O) groups is 1. The molecular formula is C16H18N2O2S. The summed E-state index contributed by atoms with van der Waals surface area (Å²) >= 11 is 1.46. The van der Waals surface area contributed by atoms with Crippen LogP contribution in [-0.4, -0.2) is 35.9 Å². The van der Waals surface area contributed by atoms with E-state index in [2.05, 4.69) is 10.3 Å². The summed E-state index contributed by atoms with van der Waals surface area (Å²) in [6.45, 7) is 1.43. The number of benzene rings is 1. The third-order valence-corrected chi connectivity index (χ3v) is 4.40. The van der Waals surface area contributed by atoms with Gasteiger partial charge in [0, 0.05) is 18.5 Å². The van der Waals surface area contributed by atoms with Gasteiger partial charge in [-0.2, -0.15) is 0 Å². The Balaban J connectivity index is 1.49. The molecule has 1 N–H and O–H groups in total. The average Bonchev–Trinajstić information content (AvgIpc) is 3.04. The van der Waals surface area contributed by atoms with E-state index < -0.39 is 0 Å². The summed E-state index contributed by atoms with van der Waals surface area (Å²) < 4.78 is 5.48. The third-order valence-electron chi connectivity index (χ3n) is 3.47. The van der Waals surface area contributed by atoms with Gasteiger partial charge in [-0.25, -0.2) is 4.98 Å². The van der Waals surface area contributed by atoms with E-state index in [1.807, 2.05) is 36.4 Å². The number of aromatic nitrogens is 1. The minimum absolute atomic E-state index is 0.0328. The number of thioether (sulfide) groups is 1. The number of hydrogen-bond acceptors (Lipinski definition) is 4. The Morgan fingerprint density at radius 1 is 1.33 bits per heavy atom. The maximum atomic E-state index is 11.8. The lowest BCUT2D eigenvalue weighted by Gasteiger charge is -2.10. The molecule has 110 valence electrons. The van der Waals surface area contributed by atoms with Gasteiger partial charge in [0.1, 0.15) is 0 Å². The quantitative estimate of drug-likeness (QED) is 0.863. The zero-order valence-electron chi connectivity index (χ0n) is 11.7. The van der Waals surface area contributed by atoms with Crippen LogP contribution in [0, 0.1) is 0 Å². The second-order valence-corrected chi connectivity index (χ2v) is 6.07. The molecule has 1 atom stereocenters. The molecule has 0 bridgehead atoms. The van der Waals surface area contributed by atoms with Gasteiger partial charge < -0.3 is 10.1 Å². The molecule has 2 aromatic rings. The van der Waals surface area contributed by atoms with Crippen molar-refractivity contribution >= 4 is 28.6 Å². The van der Waals surface area contributed by atoms with E-state index in [9.17, 15) is 4.79 Å². The van der Waals surface area contributed by atoms with Gasteiger partial charge in [0.2, 0.25) is 5.91 Å². The Labute approximate surface area is 128 Å². The number of hydrogen-bond donors (Lipinski definition) is 1. The molecule has 2 heterocycles. The highest BCUT2D eigenvalue weighted by Crippen LogP contribution is 2.19. The highest BCUT2D eigenvalue weighted by Gasteiger charge is 2.16. The summed E-state index contributed by atoms with van der Waals surface area (Å²) in [6.07, 6.45) is 2.33. The second-order valence-electron chi connectivity index (χ2n) is 5.07. The van der Waals surface area contributed by atoms with Crippen LogP contribution >= 0.6 is 11.8 Å². The van der Waals surface area contributed by atoms with Crippen LogP contribution in [0.1, 0.15) is 12.8 Å². The van der Waals surface area contributed by atoms with Crippen LogP contribution in [0.5, 0.6) is 0 Å². The zero-order valence-corrected chi connectivity index (χ0v) is 12.6. The van der Waals surface area contributed by atoms with Crippen LogP contribution < -0.4 is 5.32 Å². The topological polar surface area (TPSA) is 51.2 Å². The van der Waals surface area contributed by atoms with Crippen LogP contribution in [0.4, 0.5) is 0 Å². The molecule has 1 fully saturated rings. The van der Waals surface area contributed by atoms with Gasteiger partial charge in [-0.3, -0.25) is 4.79 Å². The molecule has 1 aromatic carbocycles. The van der Waals surface area contributed by atoms with E-state index in [0.717, 1.165) is 35.4 Å². The molecule has 0 aliphatic carbocycles. The highest BCUT2D eigenvalue weighted by atomic mass is 32.2. The monoisotopic (exact) mass is 302 g/mol. The van der Waals surface area contributed by atoms with Crippen molar-refractivity contribution in [2.75, 3.05) is 18.9 Å². The first-order valence-corrected chi connectivity index (χ1v) is 8.17. The van der Waals surface area contributed by atoms with Crippen molar-refractivity contribution in [1.29, 1.82) is 0 Å². The summed E-state index contributed by atoms with van der Waals surface area (Å²) in [6, 6.07) is 12.0. The summed E-state index contributed by atoms with van der Waals surface area (Å²) in [5.74, 6) is 0.420. The number of amides is 1. The molecule has 1 saturated heterocycles. The van der Waals surface area contributed by atoms with Crippen molar-refractivity contribution in [3.05, 3.63) is 36.4 Å². The lowest BCUT2D eigenvalue weighted by Crippen LogP contribution is -2.32. The smallest absolute Gasteiger partial charge is 0.230 e. The second kappa shape index (κ2) is 6.91. The lowest BCUT2D eigenvalue weighted by molar-refractivity contribution is -0.119. The molecule has 0 saturated carbocycles. The van der Waals surface area contributed by atoms with Crippen LogP contribution in [0.25, 0.3) is 10.9 Å². The number of fused-ring (bicyclic) bond motifs is 1. The molecule has 0 spiro atoms. The Morgan fingerprint density at radius 3 is 3.10 bits per heavy atom. The average molecular weight is 302 g/mol. The molecule has 1 aliphatic rings. The van der Waals surface area contributed by atoms with Gasteiger partial charge in [-0.15, -0.1) is 0 Å². The van der Waals surface area contributed by atoms with Crippen molar-refractivity contribution < 1.29 is 9.53 Å². The molecule has 3 rings (SSSR count). The predicted octanol–water partition coefficient (Wildman–Crippen LogP) is 2.62. The maximum absolute atomic E-state index is 11.8. The van der Waals surface area contributed by atoms with E-state index >= 15 is 0 Å². The van der Waals surface area contributed by atoms with Crippen LogP contribution in [-0.2, 0) is 9.53 Å². The van der Waals surface area contributed by atoms with E-state index in [1.54, 1.807) is 0 Å². The first-order valence-electron chi connectivity index (χ1n) is 7.18. The van der Waals surface area contributed by atoms with Gasteiger partial charge in [-0.1, -0.05) is 36.0 Å². The van der Waals surface area contributed by atoms with E-state index in [4.69, 9.17) is 4.74 Å².